The third kappa shape index (κ3) is 3.88. The molecule has 0 fully saturated rings. The lowest BCUT2D eigenvalue weighted by molar-refractivity contribution is -0.138. The number of nitrogens with zero attached hydrogens (tertiary/aromatic N) is 2. The van der Waals surface area contributed by atoms with Gasteiger partial charge in [-0.05, 0) is 0 Å². The van der Waals surface area contributed by atoms with E-state index in [1.165, 1.54) is 12.4 Å². The van der Waals surface area contributed by atoms with Gasteiger partial charge in [0, 0.05) is 12.0 Å². The van der Waals surface area contributed by atoms with Crippen LogP contribution in [0.5, 0.6) is 0 Å². The topological polar surface area (TPSA) is 92.2 Å². The standard InChI is InChI=1S/C14H13N3O3/c18-12(6-7-13(19)20)17-11-8-15-14(16-9-11)10-4-2-1-3-5-10/h1-5,8-9H,6-7H2,(H,17,18)(H,19,20). The molecule has 2 aromatic rings. The molecule has 0 unspecified atom stereocenters. The molecule has 0 spiro atoms. The molecule has 1 aromatic heterocycles. The number of nitrogens with one attached hydrogen (secondary N) is 1. The number of benzene rings is 1. The Kier molecular flexibility index (Phi) is 4.39. The number of aliphatic carboxylic acids is 1. The Morgan fingerprint density at radius 3 is 2.30 bits per heavy atom. The number of hydrogen-bond donors (Lipinski definition) is 2. The van der Waals surface area contributed by atoms with Gasteiger partial charge in [-0.15, -0.1) is 0 Å². The molecule has 1 heterocycles. The predicted octanol–water partition coefficient (Wildman–Crippen LogP) is 1.95. The van der Waals surface area contributed by atoms with Crippen LogP contribution in [0.1, 0.15) is 12.8 Å². The van der Waals surface area contributed by atoms with Crippen molar-refractivity contribution in [2.75, 3.05) is 5.32 Å². The highest BCUT2D eigenvalue weighted by Gasteiger charge is 2.07. The molecular formula is C14H13N3O3. The number of anilines is 1. The number of carbonyl (C=O) groups excluding carboxylic acids is 1. The van der Waals surface area contributed by atoms with Crippen LogP contribution in [0.2, 0.25) is 0 Å². The number of carboxylic acid groups (broad SMARTS) is 1. The first-order valence-corrected chi connectivity index (χ1v) is 6.04. The van der Waals surface area contributed by atoms with E-state index < -0.39 is 5.97 Å². The molecule has 6 nitrogen and oxygen atoms in total. The molecule has 0 aliphatic heterocycles. The molecule has 0 bridgehead atoms. The van der Waals surface area contributed by atoms with Gasteiger partial charge >= 0.3 is 5.97 Å². The summed E-state index contributed by atoms with van der Waals surface area (Å²) in [6, 6.07) is 9.46. The molecule has 2 rings (SSSR count). The zero-order valence-electron chi connectivity index (χ0n) is 10.6. The SMILES string of the molecule is O=C(O)CCC(=O)Nc1cnc(-c2ccccc2)nc1. The summed E-state index contributed by atoms with van der Waals surface area (Å²) in [5.74, 6) is -0.812. The maximum Gasteiger partial charge on any atom is 0.303 e. The van der Waals surface area contributed by atoms with Gasteiger partial charge in [-0.25, -0.2) is 9.97 Å². The lowest BCUT2D eigenvalue weighted by atomic mass is 10.2. The minimum absolute atomic E-state index is 0.0736. The summed E-state index contributed by atoms with van der Waals surface area (Å²) in [5.41, 5.74) is 1.33. The quantitative estimate of drug-likeness (QED) is 0.867. The van der Waals surface area contributed by atoms with Crippen LogP contribution in [0.25, 0.3) is 11.4 Å². The van der Waals surface area contributed by atoms with Gasteiger partial charge in [0.05, 0.1) is 24.5 Å². The van der Waals surface area contributed by atoms with E-state index in [9.17, 15) is 9.59 Å². The van der Waals surface area contributed by atoms with E-state index in [2.05, 4.69) is 15.3 Å². The molecule has 6 heteroatoms. The van der Waals surface area contributed by atoms with Crippen molar-refractivity contribution in [2.24, 2.45) is 0 Å². The minimum atomic E-state index is -1.00. The highest BCUT2D eigenvalue weighted by atomic mass is 16.4. The Bertz CT molecular complexity index is 597. The number of hydrogen-bond acceptors (Lipinski definition) is 4. The van der Waals surface area contributed by atoms with Crippen LogP contribution in [-0.4, -0.2) is 27.0 Å². The maximum absolute atomic E-state index is 11.4. The van der Waals surface area contributed by atoms with Gasteiger partial charge in [-0.1, -0.05) is 30.3 Å². The van der Waals surface area contributed by atoms with Crippen molar-refractivity contribution in [2.45, 2.75) is 12.8 Å². The van der Waals surface area contributed by atoms with E-state index in [1.54, 1.807) is 0 Å². The Hall–Kier alpha value is -2.76. The second-order valence-corrected chi connectivity index (χ2v) is 4.10. The zero-order valence-corrected chi connectivity index (χ0v) is 10.6. The molecule has 0 saturated heterocycles. The van der Waals surface area contributed by atoms with Crippen molar-refractivity contribution >= 4 is 17.6 Å². The van der Waals surface area contributed by atoms with Crippen LogP contribution in [0.4, 0.5) is 5.69 Å². The molecule has 0 saturated carbocycles. The number of carbonyl (C=O) groups is 2. The van der Waals surface area contributed by atoms with Gasteiger partial charge < -0.3 is 10.4 Å². The van der Waals surface area contributed by atoms with Crippen LogP contribution in [0.3, 0.4) is 0 Å². The number of rotatable bonds is 5. The van der Waals surface area contributed by atoms with Crippen LogP contribution in [0, 0.1) is 0 Å². The van der Waals surface area contributed by atoms with Crippen LogP contribution in [0.15, 0.2) is 42.7 Å². The first-order chi connectivity index (χ1) is 9.65. The average Bonchev–Trinajstić information content (AvgIpc) is 2.47. The summed E-state index contributed by atoms with van der Waals surface area (Å²) in [6.07, 6.45) is 2.71. The second-order valence-electron chi connectivity index (χ2n) is 4.10. The molecule has 20 heavy (non-hydrogen) atoms. The Morgan fingerprint density at radius 1 is 1.05 bits per heavy atom. The van der Waals surface area contributed by atoms with E-state index in [1.807, 2.05) is 30.3 Å². The third-order valence-corrected chi connectivity index (χ3v) is 2.53. The van der Waals surface area contributed by atoms with E-state index in [0.717, 1.165) is 5.56 Å². The zero-order chi connectivity index (χ0) is 14.4. The van der Waals surface area contributed by atoms with Crippen molar-refractivity contribution in [3.05, 3.63) is 42.7 Å². The summed E-state index contributed by atoms with van der Waals surface area (Å²) in [6.45, 7) is 0. The first kappa shape index (κ1) is 13.7. The Morgan fingerprint density at radius 2 is 1.70 bits per heavy atom. The van der Waals surface area contributed by atoms with Gasteiger partial charge in [0.25, 0.3) is 0 Å². The van der Waals surface area contributed by atoms with Crippen molar-refractivity contribution in [1.82, 2.24) is 9.97 Å². The summed E-state index contributed by atoms with van der Waals surface area (Å²) >= 11 is 0. The van der Waals surface area contributed by atoms with Crippen molar-refractivity contribution in [3.63, 3.8) is 0 Å². The van der Waals surface area contributed by atoms with Crippen LogP contribution < -0.4 is 5.32 Å². The average molecular weight is 271 g/mol. The summed E-state index contributed by atoms with van der Waals surface area (Å²) < 4.78 is 0. The summed E-state index contributed by atoms with van der Waals surface area (Å²) in [5, 5.41) is 11.0. The Balaban J connectivity index is 1.98. The van der Waals surface area contributed by atoms with Crippen molar-refractivity contribution in [1.29, 1.82) is 0 Å². The molecule has 1 aromatic carbocycles. The highest BCUT2D eigenvalue weighted by Crippen LogP contribution is 2.14. The molecule has 1 amide bonds. The maximum atomic E-state index is 11.4. The molecule has 0 aliphatic rings. The normalized spacial score (nSPS) is 10.0. The van der Waals surface area contributed by atoms with E-state index in [-0.39, 0.29) is 18.7 Å². The summed E-state index contributed by atoms with van der Waals surface area (Å²) in [4.78, 5) is 30.1. The lowest BCUT2D eigenvalue weighted by Gasteiger charge is -2.04. The van der Waals surface area contributed by atoms with Crippen LogP contribution >= 0.6 is 0 Å². The van der Waals surface area contributed by atoms with Gasteiger partial charge in [0.15, 0.2) is 5.82 Å². The number of amides is 1. The molecule has 2 N–H and O–H groups in total. The van der Waals surface area contributed by atoms with Crippen molar-refractivity contribution < 1.29 is 14.7 Å². The third-order valence-electron chi connectivity index (χ3n) is 2.53. The highest BCUT2D eigenvalue weighted by molar-refractivity contribution is 5.92. The largest absolute Gasteiger partial charge is 0.481 e. The second kappa shape index (κ2) is 6.42. The number of carboxylic acids is 1. The lowest BCUT2D eigenvalue weighted by Crippen LogP contribution is -2.13. The first-order valence-electron chi connectivity index (χ1n) is 6.04. The van der Waals surface area contributed by atoms with E-state index in [4.69, 9.17) is 5.11 Å². The van der Waals surface area contributed by atoms with Gasteiger partial charge in [0.1, 0.15) is 0 Å². The monoisotopic (exact) mass is 271 g/mol. The number of aromatic nitrogens is 2. The molecule has 0 atom stereocenters. The fourth-order valence-corrected chi connectivity index (χ4v) is 1.57. The van der Waals surface area contributed by atoms with Gasteiger partial charge in [-0.2, -0.15) is 0 Å². The minimum Gasteiger partial charge on any atom is -0.481 e. The molecule has 0 aliphatic carbocycles. The van der Waals surface area contributed by atoms with Crippen molar-refractivity contribution in [3.8, 4) is 11.4 Å². The smallest absolute Gasteiger partial charge is 0.303 e. The van der Waals surface area contributed by atoms with E-state index in [0.29, 0.717) is 11.5 Å². The fourth-order valence-electron chi connectivity index (χ4n) is 1.57. The predicted molar refractivity (Wildman–Crippen MR) is 73.0 cm³/mol. The van der Waals surface area contributed by atoms with E-state index >= 15 is 0 Å². The molecule has 0 radical (unpaired) electrons. The van der Waals surface area contributed by atoms with Gasteiger partial charge in [-0.3, -0.25) is 9.59 Å². The summed E-state index contributed by atoms with van der Waals surface area (Å²) in [7, 11) is 0. The van der Waals surface area contributed by atoms with Crippen LogP contribution in [-0.2, 0) is 9.59 Å². The molecule has 102 valence electrons. The fraction of sp³-hybridized carbons (Fsp3) is 0.143. The molecular weight excluding hydrogens is 258 g/mol. The van der Waals surface area contributed by atoms with Gasteiger partial charge in [0.2, 0.25) is 5.91 Å². The Labute approximate surface area is 115 Å².